The van der Waals surface area contributed by atoms with Gasteiger partial charge in [-0.05, 0) is 31.2 Å². The van der Waals surface area contributed by atoms with Gasteiger partial charge in [-0.3, -0.25) is 4.79 Å². The molecule has 0 bridgehead atoms. The SMILES string of the molecule is Cc1onc(-c2ccccc2)c1C(=O)Nc1cccc(Oc2ccccc2)c1. The lowest BCUT2D eigenvalue weighted by molar-refractivity contribution is 0.102. The molecule has 0 aliphatic heterocycles. The van der Waals surface area contributed by atoms with Crippen LogP contribution in [-0.2, 0) is 0 Å². The molecule has 28 heavy (non-hydrogen) atoms. The number of rotatable bonds is 5. The predicted molar refractivity (Wildman–Crippen MR) is 108 cm³/mol. The minimum absolute atomic E-state index is 0.283. The van der Waals surface area contributed by atoms with E-state index in [-0.39, 0.29) is 5.91 Å². The Morgan fingerprint density at radius 2 is 1.57 bits per heavy atom. The van der Waals surface area contributed by atoms with Gasteiger partial charge in [0.05, 0.1) is 0 Å². The third-order valence-corrected chi connectivity index (χ3v) is 4.21. The highest BCUT2D eigenvalue weighted by Gasteiger charge is 2.21. The Kier molecular flexibility index (Phi) is 4.89. The maximum atomic E-state index is 12.9. The highest BCUT2D eigenvalue weighted by Crippen LogP contribution is 2.27. The quantitative estimate of drug-likeness (QED) is 0.490. The van der Waals surface area contributed by atoms with E-state index in [1.807, 2.05) is 72.8 Å². The Morgan fingerprint density at radius 3 is 2.32 bits per heavy atom. The van der Waals surface area contributed by atoms with Crippen molar-refractivity contribution in [1.29, 1.82) is 0 Å². The molecule has 0 aliphatic carbocycles. The smallest absolute Gasteiger partial charge is 0.261 e. The van der Waals surface area contributed by atoms with Gasteiger partial charge in [-0.2, -0.15) is 0 Å². The number of carbonyl (C=O) groups excluding carboxylic acids is 1. The van der Waals surface area contributed by atoms with Gasteiger partial charge in [-0.25, -0.2) is 0 Å². The van der Waals surface area contributed by atoms with Gasteiger partial charge in [-0.15, -0.1) is 0 Å². The maximum absolute atomic E-state index is 12.9. The molecule has 1 amide bonds. The summed E-state index contributed by atoms with van der Waals surface area (Å²) in [5.74, 6) is 1.55. The van der Waals surface area contributed by atoms with Crippen LogP contribution in [-0.4, -0.2) is 11.1 Å². The molecule has 0 aliphatic rings. The van der Waals surface area contributed by atoms with E-state index in [2.05, 4.69) is 10.5 Å². The van der Waals surface area contributed by atoms with Gasteiger partial charge < -0.3 is 14.6 Å². The summed E-state index contributed by atoms with van der Waals surface area (Å²) in [6.45, 7) is 1.73. The van der Waals surface area contributed by atoms with Crippen molar-refractivity contribution >= 4 is 11.6 Å². The Balaban J connectivity index is 1.57. The second-order valence-corrected chi connectivity index (χ2v) is 6.23. The number of hydrogen-bond acceptors (Lipinski definition) is 4. The number of anilines is 1. The van der Waals surface area contributed by atoms with Crippen LogP contribution in [0.5, 0.6) is 11.5 Å². The van der Waals surface area contributed by atoms with Crippen LogP contribution < -0.4 is 10.1 Å². The normalized spacial score (nSPS) is 10.5. The highest BCUT2D eigenvalue weighted by molar-refractivity contribution is 6.08. The molecule has 4 aromatic rings. The molecule has 3 aromatic carbocycles. The highest BCUT2D eigenvalue weighted by atomic mass is 16.5. The molecule has 0 spiro atoms. The lowest BCUT2D eigenvalue weighted by Crippen LogP contribution is -2.13. The summed E-state index contributed by atoms with van der Waals surface area (Å²) < 4.78 is 11.1. The lowest BCUT2D eigenvalue weighted by Gasteiger charge is -2.09. The monoisotopic (exact) mass is 370 g/mol. The zero-order valence-electron chi connectivity index (χ0n) is 15.3. The van der Waals surface area contributed by atoms with Gasteiger partial charge >= 0.3 is 0 Å². The van der Waals surface area contributed by atoms with Gasteiger partial charge in [0.1, 0.15) is 28.5 Å². The van der Waals surface area contributed by atoms with Gasteiger partial charge in [0.2, 0.25) is 0 Å². The average molecular weight is 370 g/mol. The van der Waals surface area contributed by atoms with Crippen molar-refractivity contribution in [3.05, 3.63) is 96.3 Å². The zero-order chi connectivity index (χ0) is 19.3. The number of hydrogen-bond donors (Lipinski definition) is 1. The number of aromatic nitrogens is 1. The topological polar surface area (TPSA) is 64.4 Å². The fraction of sp³-hybridized carbons (Fsp3) is 0.0435. The standard InChI is InChI=1S/C23H18N2O3/c1-16-21(22(25-28-16)17-9-4-2-5-10-17)23(26)24-18-11-8-14-20(15-18)27-19-12-6-3-7-13-19/h2-15H,1H3,(H,24,26). The van der Waals surface area contributed by atoms with E-state index in [0.29, 0.717) is 28.5 Å². The first kappa shape index (κ1) is 17.5. The van der Waals surface area contributed by atoms with Crippen molar-refractivity contribution in [3.63, 3.8) is 0 Å². The maximum Gasteiger partial charge on any atom is 0.261 e. The molecule has 0 saturated carbocycles. The fourth-order valence-corrected chi connectivity index (χ4v) is 2.89. The van der Waals surface area contributed by atoms with Crippen LogP contribution in [0.1, 0.15) is 16.1 Å². The largest absolute Gasteiger partial charge is 0.457 e. The molecule has 0 fully saturated rings. The van der Waals surface area contributed by atoms with Crippen molar-refractivity contribution in [2.24, 2.45) is 0 Å². The Labute approximate surface area is 162 Å². The van der Waals surface area contributed by atoms with Crippen LogP contribution >= 0.6 is 0 Å². The third-order valence-electron chi connectivity index (χ3n) is 4.21. The molecule has 1 N–H and O–H groups in total. The molecule has 5 nitrogen and oxygen atoms in total. The first-order chi connectivity index (χ1) is 13.7. The lowest BCUT2D eigenvalue weighted by atomic mass is 10.1. The molecule has 4 rings (SSSR count). The molecule has 5 heteroatoms. The van der Waals surface area contributed by atoms with Gasteiger partial charge in [0, 0.05) is 17.3 Å². The molecule has 0 unspecified atom stereocenters. The molecule has 138 valence electrons. The van der Waals surface area contributed by atoms with Crippen LogP contribution in [0.2, 0.25) is 0 Å². The van der Waals surface area contributed by atoms with Crippen molar-refractivity contribution in [2.75, 3.05) is 5.32 Å². The molecule has 0 atom stereocenters. The number of amides is 1. The minimum atomic E-state index is -0.283. The number of ether oxygens (including phenoxy) is 1. The number of nitrogens with one attached hydrogen (secondary N) is 1. The Bertz CT molecular complexity index is 1090. The number of nitrogens with zero attached hydrogens (tertiary/aromatic N) is 1. The summed E-state index contributed by atoms with van der Waals surface area (Å²) in [5, 5.41) is 6.96. The first-order valence-corrected chi connectivity index (χ1v) is 8.87. The molecule has 1 aromatic heterocycles. The Hall–Kier alpha value is -3.86. The van der Waals surface area contributed by atoms with E-state index in [0.717, 1.165) is 11.3 Å². The summed E-state index contributed by atoms with van der Waals surface area (Å²) in [5.41, 5.74) is 2.39. The molecular formula is C23H18N2O3. The Morgan fingerprint density at radius 1 is 0.893 bits per heavy atom. The zero-order valence-corrected chi connectivity index (χ0v) is 15.3. The van der Waals surface area contributed by atoms with Crippen LogP contribution in [0, 0.1) is 6.92 Å². The number of aryl methyl sites for hydroxylation is 1. The second-order valence-electron chi connectivity index (χ2n) is 6.23. The molecule has 1 heterocycles. The summed E-state index contributed by atoms with van der Waals surface area (Å²) in [7, 11) is 0. The second kappa shape index (κ2) is 7.80. The average Bonchev–Trinajstić information content (AvgIpc) is 3.11. The van der Waals surface area contributed by atoms with E-state index in [1.54, 1.807) is 19.1 Å². The molecule has 0 saturated heterocycles. The van der Waals surface area contributed by atoms with Gasteiger partial charge in [0.25, 0.3) is 5.91 Å². The molecule has 0 radical (unpaired) electrons. The summed E-state index contributed by atoms with van der Waals surface area (Å²) in [4.78, 5) is 12.9. The van der Waals surface area contributed by atoms with Gasteiger partial charge in [-0.1, -0.05) is 59.8 Å². The summed E-state index contributed by atoms with van der Waals surface area (Å²) in [6, 6.07) is 26.2. The van der Waals surface area contributed by atoms with Crippen molar-refractivity contribution in [3.8, 4) is 22.8 Å². The summed E-state index contributed by atoms with van der Waals surface area (Å²) >= 11 is 0. The van der Waals surface area contributed by atoms with Crippen molar-refractivity contribution in [1.82, 2.24) is 5.16 Å². The number of para-hydroxylation sites is 1. The van der Waals surface area contributed by atoms with E-state index in [4.69, 9.17) is 9.26 Å². The summed E-state index contributed by atoms with van der Waals surface area (Å²) in [6.07, 6.45) is 0. The number of benzene rings is 3. The van der Waals surface area contributed by atoms with Gasteiger partial charge in [0.15, 0.2) is 0 Å². The van der Waals surface area contributed by atoms with E-state index in [9.17, 15) is 4.79 Å². The van der Waals surface area contributed by atoms with E-state index in [1.165, 1.54) is 0 Å². The van der Waals surface area contributed by atoms with Crippen molar-refractivity contribution < 1.29 is 14.1 Å². The fourth-order valence-electron chi connectivity index (χ4n) is 2.89. The van der Waals surface area contributed by atoms with Crippen molar-refractivity contribution in [2.45, 2.75) is 6.92 Å². The first-order valence-electron chi connectivity index (χ1n) is 8.87. The molecular weight excluding hydrogens is 352 g/mol. The predicted octanol–water partition coefficient (Wildman–Crippen LogP) is 5.69. The third kappa shape index (κ3) is 3.78. The van der Waals surface area contributed by atoms with Crippen LogP contribution in [0.25, 0.3) is 11.3 Å². The minimum Gasteiger partial charge on any atom is -0.457 e. The number of carbonyl (C=O) groups is 1. The van der Waals surface area contributed by atoms with E-state index >= 15 is 0 Å². The van der Waals surface area contributed by atoms with Crippen LogP contribution in [0.4, 0.5) is 5.69 Å². The van der Waals surface area contributed by atoms with Crippen LogP contribution in [0.3, 0.4) is 0 Å². The van der Waals surface area contributed by atoms with Crippen LogP contribution in [0.15, 0.2) is 89.5 Å². The van der Waals surface area contributed by atoms with E-state index < -0.39 is 0 Å².